The Bertz CT molecular complexity index is 441. The summed E-state index contributed by atoms with van der Waals surface area (Å²) in [7, 11) is 0. The lowest BCUT2D eigenvalue weighted by atomic mass is 10.0. The highest BCUT2D eigenvalue weighted by atomic mass is 35.5. The van der Waals surface area contributed by atoms with E-state index in [0.717, 1.165) is 31.2 Å². The molecule has 0 saturated carbocycles. The molecular weight excluding hydrogens is 276 g/mol. The molecule has 1 aliphatic heterocycles. The van der Waals surface area contributed by atoms with Crippen molar-refractivity contribution in [3.63, 3.8) is 0 Å². The molecule has 1 unspecified atom stereocenters. The highest BCUT2D eigenvalue weighted by Crippen LogP contribution is 2.14. The van der Waals surface area contributed by atoms with Gasteiger partial charge in [-0.1, -0.05) is 18.5 Å². The maximum atomic E-state index is 11.8. The first kappa shape index (κ1) is 15.3. The summed E-state index contributed by atoms with van der Waals surface area (Å²) in [4.78, 5) is 14.2. The molecule has 0 radical (unpaired) electrons. The molecule has 1 N–H and O–H groups in total. The van der Waals surface area contributed by atoms with Crippen LogP contribution in [0.4, 0.5) is 0 Å². The van der Waals surface area contributed by atoms with E-state index in [0.29, 0.717) is 11.6 Å². The number of hydrogen-bond acceptors (Lipinski definition) is 3. The van der Waals surface area contributed by atoms with Crippen LogP contribution in [-0.2, 0) is 11.3 Å². The molecule has 2 rings (SSSR count). The number of nitrogens with one attached hydrogen (secondary N) is 1. The van der Waals surface area contributed by atoms with E-state index in [1.807, 2.05) is 6.92 Å². The van der Waals surface area contributed by atoms with Crippen molar-refractivity contribution < 1.29 is 4.79 Å². The van der Waals surface area contributed by atoms with E-state index >= 15 is 0 Å². The second-order valence-corrected chi connectivity index (χ2v) is 6.07. The van der Waals surface area contributed by atoms with Gasteiger partial charge in [0, 0.05) is 25.8 Å². The zero-order chi connectivity index (χ0) is 14.5. The van der Waals surface area contributed by atoms with Gasteiger partial charge in [0.05, 0.1) is 10.7 Å². The zero-order valence-corrected chi connectivity index (χ0v) is 13.0. The molecule has 0 spiro atoms. The summed E-state index contributed by atoms with van der Waals surface area (Å²) in [6.07, 6.45) is 4.27. The van der Waals surface area contributed by atoms with Crippen LogP contribution in [0.5, 0.6) is 0 Å². The Balaban J connectivity index is 1.67. The third-order valence-electron chi connectivity index (χ3n) is 3.68. The predicted molar refractivity (Wildman–Crippen MR) is 79.8 cm³/mol. The molecule has 2 heterocycles. The number of halogens is 1. The van der Waals surface area contributed by atoms with E-state index in [9.17, 15) is 4.79 Å². The van der Waals surface area contributed by atoms with Crippen molar-refractivity contribution in [2.45, 2.75) is 33.2 Å². The van der Waals surface area contributed by atoms with Crippen LogP contribution in [0.1, 0.15) is 25.5 Å². The van der Waals surface area contributed by atoms with Gasteiger partial charge in [0.2, 0.25) is 5.91 Å². The molecule has 1 saturated heterocycles. The van der Waals surface area contributed by atoms with Crippen molar-refractivity contribution in [1.82, 2.24) is 20.0 Å². The van der Waals surface area contributed by atoms with E-state index in [1.165, 1.54) is 12.8 Å². The van der Waals surface area contributed by atoms with Crippen molar-refractivity contribution in [2.75, 3.05) is 26.2 Å². The number of likely N-dealkylation sites (tertiary alicyclic amines) is 1. The van der Waals surface area contributed by atoms with Gasteiger partial charge in [0.15, 0.2) is 0 Å². The van der Waals surface area contributed by atoms with E-state index in [2.05, 4.69) is 22.2 Å². The van der Waals surface area contributed by atoms with Gasteiger partial charge < -0.3 is 10.2 Å². The molecule has 0 bridgehead atoms. The number of aromatic nitrogens is 2. The zero-order valence-electron chi connectivity index (χ0n) is 12.2. The number of carbonyl (C=O) groups is 1. The van der Waals surface area contributed by atoms with Crippen molar-refractivity contribution >= 4 is 17.5 Å². The summed E-state index contributed by atoms with van der Waals surface area (Å²) >= 11 is 5.91. The molecule has 1 fully saturated rings. The van der Waals surface area contributed by atoms with Crippen molar-refractivity contribution in [3.05, 3.63) is 16.9 Å². The standard InChI is InChI=1S/C14H23ClN4O/c1-11-4-3-6-18(8-11)7-5-16-14(20)10-19-9-13(15)12(2)17-19/h9,11H,3-8,10H2,1-2H3,(H,16,20). The second kappa shape index (κ2) is 7.09. The highest BCUT2D eigenvalue weighted by molar-refractivity contribution is 6.31. The van der Waals surface area contributed by atoms with Crippen molar-refractivity contribution in [2.24, 2.45) is 5.92 Å². The lowest BCUT2D eigenvalue weighted by Crippen LogP contribution is -2.40. The fraction of sp³-hybridized carbons (Fsp3) is 0.714. The van der Waals surface area contributed by atoms with Crippen LogP contribution < -0.4 is 5.32 Å². The Kier molecular flexibility index (Phi) is 5.43. The van der Waals surface area contributed by atoms with E-state index < -0.39 is 0 Å². The molecule has 0 aromatic carbocycles. The number of amides is 1. The molecule has 6 heteroatoms. The fourth-order valence-corrected chi connectivity index (χ4v) is 2.77. The molecule has 5 nitrogen and oxygen atoms in total. The lowest BCUT2D eigenvalue weighted by molar-refractivity contribution is -0.121. The minimum absolute atomic E-state index is 0.0192. The van der Waals surface area contributed by atoms with Crippen LogP contribution in [-0.4, -0.2) is 46.8 Å². The number of rotatable bonds is 5. The highest BCUT2D eigenvalue weighted by Gasteiger charge is 2.15. The maximum Gasteiger partial charge on any atom is 0.241 e. The summed E-state index contributed by atoms with van der Waals surface area (Å²) in [5, 5.41) is 7.71. The third kappa shape index (κ3) is 4.49. The van der Waals surface area contributed by atoms with Gasteiger partial charge >= 0.3 is 0 Å². The van der Waals surface area contributed by atoms with Gasteiger partial charge in [-0.2, -0.15) is 5.10 Å². The molecule has 1 aliphatic rings. The van der Waals surface area contributed by atoms with Gasteiger partial charge in [-0.3, -0.25) is 9.48 Å². The first-order valence-corrected chi connectivity index (χ1v) is 7.61. The monoisotopic (exact) mass is 298 g/mol. The number of carbonyl (C=O) groups excluding carboxylic acids is 1. The Morgan fingerprint density at radius 3 is 3.05 bits per heavy atom. The quantitative estimate of drug-likeness (QED) is 0.900. The lowest BCUT2D eigenvalue weighted by Gasteiger charge is -2.30. The second-order valence-electron chi connectivity index (χ2n) is 5.66. The first-order chi connectivity index (χ1) is 9.54. The Morgan fingerprint density at radius 2 is 2.40 bits per heavy atom. The Labute approximate surface area is 125 Å². The molecule has 112 valence electrons. The number of hydrogen-bond donors (Lipinski definition) is 1. The van der Waals surface area contributed by atoms with Gasteiger partial charge in [-0.05, 0) is 32.2 Å². The minimum Gasteiger partial charge on any atom is -0.353 e. The van der Waals surface area contributed by atoms with Crippen LogP contribution in [0.3, 0.4) is 0 Å². The SMILES string of the molecule is Cc1nn(CC(=O)NCCN2CCCC(C)C2)cc1Cl. The minimum atomic E-state index is -0.0192. The van der Waals surface area contributed by atoms with E-state index in [1.54, 1.807) is 10.9 Å². The van der Waals surface area contributed by atoms with Gasteiger partial charge in [0.25, 0.3) is 0 Å². The Morgan fingerprint density at radius 1 is 1.60 bits per heavy atom. The average Bonchev–Trinajstić information content (AvgIpc) is 2.68. The van der Waals surface area contributed by atoms with Crippen molar-refractivity contribution in [3.8, 4) is 0 Å². The number of nitrogens with zero attached hydrogens (tertiary/aromatic N) is 3. The van der Waals surface area contributed by atoms with Crippen LogP contribution in [0, 0.1) is 12.8 Å². The molecule has 0 aliphatic carbocycles. The summed E-state index contributed by atoms with van der Waals surface area (Å²) in [5.74, 6) is 0.753. The summed E-state index contributed by atoms with van der Waals surface area (Å²) in [6, 6.07) is 0. The van der Waals surface area contributed by atoms with Crippen molar-refractivity contribution in [1.29, 1.82) is 0 Å². The molecular formula is C14H23ClN4O. The molecule has 1 aromatic heterocycles. The van der Waals surface area contributed by atoms with E-state index in [-0.39, 0.29) is 12.5 Å². The topological polar surface area (TPSA) is 50.2 Å². The summed E-state index contributed by atoms with van der Waals surface area (Å²) < 4.78 is 1.58. The fourth-order valence-electron chi connectivity index (χ4n) is 2.62. The maximum absolute atomic E-state index is 11.8. The molecule has 1 amide bonds. The number of piperidine rings is 1. The summed E-state index contributed by atoms with van der Waals surface area (Å²) in [5.41, 5.74) is 0.752. The largest absolute Gasteiger partial charge is 0.353 e. The van der Waals surface area contributed by atoms with E-state index in [4.69, 9.17) is 11.6 Å². The van der Waals surface area contributed by atoms with Crippen LogP contribution in [0.2, 0.25) is 5.02 Å². The summed E-state index contributed by atoms with van der Waals surface area (Å²) in [6.45, 7) is 8.25. The van der Waals surface area contributed by atoms with Crippen LogP contribution >= 0.6 is 11.6 Å². The molecule has 20 heavy (non-hydrogen) atoms. The normalized spacial score (nSPS) is 20.1. The molecule has 1 atom stereocenters. The Hall–Kier alpha value is -1.07. The van der Waals surface area contributed by atoms with Gasteiger partial charge in [-0.15, -0.1) is 0 Å². The average molecular weight is 299 g/mol. The number of aryl methyl sites for hydroxylation is 1. The smallest absolute Gasteiger partial charge is 0.241 e. The van der Waals surface area contributed by atoms with Crippen LogP contribution in [0.25, 0.3) is 0 Å². The van der Waals surface area contributed by atoms with Gasteiger partial charge in [0.1, 0.15) is 6.54 Å². The van der Waals surface area contributed by atoms with Gasteiger partial charge in [-0.25, -0.2) is 0 Å². The first-order valence-electron chi connectivity index (χ1n) is 7.23. The third-order valence-corrected chi connectivity index (χ3v) is 4.05. The predicted octanol–water partition coefficient (Wildman–Crippen LogP) is 1.69. The molecule has 1 aromatic rings. The van der Waals surface area contributed by atoms with Crippen LogP contribution in [0.15, 0.2) is 6.20 Å².